The average molecular weight is 343 g/mol. The molecule has 0 aliphatic rings. The van der Waals surface area contributed by atoms with Crippen LogP contribution in [-0.2, 0) is 4.79 Å². The molecule has 1 atom stereocenters. The number of aryl methyl sites for hydroxylation is 2. The molecule has 3 aromatic rings. The van der Waals surface area contributed by atoms with E-state index in [9.17, 15) is 4.79 Å². The van der Waals surface area contributed by atoms with Gasteiger partial charge < -0.3 is 14.2 Å². The lowest BCUT2D eigenvalue weighted by atomic mass is 10.2. The van der Waals surface area contributed by atoms with Gasteiger partial charge in [-0.25, -0.2) is 0 Å². The first-order valence-corrected chi connectivity index (χ1v) is 8.33. The number of amides is 1. The summed E-state index contributed by atoms with van der Waals surface area (Å²) in [6.07, 6.45) is 1.57. The van der Waals surface area contributed by atoms with E-state index in [1.165, 1.54) is 11.8 Å². The van der Waals surface area contributed by atoms with Crippen molar-refractivity contribution in [3.05, 3.63) is 47.9 Å². The zero-order chi connectivity index (χ0) is 17.1. The zero-order valence-electron chi connectivity index (χ0n) is 13.6. The van der Waals surface area contributed by atoms with Crippen LogP contribution in [0.15, 0.2) is 50.7 Å². The molecule has 3 rings (SSSR count). The molecule has 124 valence electrons. The average Bonchev–Trinajstić information content (AvgIpc) is 3.18. The Hall–Kier alpha value is -2.54. The van der Waals surface area contributed by atoms with Crippen molar-refractivity contribution in [3.63, 3.8) is 0 Å². The number of furan rings is 1. The lowest BCUT2D eigenvalue weighted by molar-refractivity contribution is -0.115. The molecule has 0 aliphatic carbocycles. The van der Waals surface area contributed by atoms with E-state index >= 15 is 0 Å². The lowest BCUT2D eigenvalue weighted by Gasteiger charge is -2.11. The fourth-order valence-corrected chi connectivity index (χ4v) is 2.81. The van der Waals surface area contributed by atoms with E-state index in [0.29, 0.717) is 16.9 Å². The van der Waals surface area contributed by atoms with Gasteiger partial charge in [-0.15, -0.1) is 10.2 Å². The van der Waals surface area contributed by atoms with Gasteiger partial charge >= 0.3 is 0 Å². The second kappa shape index (κ2) is 6.92. The smallest absolute Gasteiger partial charge is 0.277 e. The zero-order valence-corrected chi connectivity index (χ0v) is 14.4. The fourth-order valence-electron chi connectivity index (χ4n) is 2.13. The van der Waals surface area contributed by atoms with Crippen molar-refractivity contribution in [1.82, 2.24) is 10.2 Å². The van der Waals surface area contributed by atoms with Crippen molar-refractivity contribution in [1.29, 1.82) is 0 Å². The summed E-state index contributed by atoms with van der Waals surface area (Å²) >= 11 is 1.22. The predicted molar refractivity (Wildman–Crippen MR) is 91.9 cm³/mol. The normalized spacial score (nSPS) is 12.1. The van der Waals surface area contributed by atoms with Gasteiger partial charge in [0.15, 0.2) is 0 Å². The van der Waals surface area contributed by atoms with Crippen molar-refractivity contribution in [2.45, 2.75) is 31.2 Å². The number of rotatable bonds is 5. The fraction of sp³-hybridized carbons (Fsp3) is 0.235. The number of thioether (sulfide) groups is 1. The molecule has 1 aromatic carbocycles. The number of carbonyl (C=O) groups is 1. The number of hydrogen-bond acceptors (Lipinski definition) is 6. The second-order valence-corrected chi connectivity index (χ2v) is 6.62. The monoisotopic (exact) mass is 343 g/mol. The molecule has 0 spiro atoms. The quantitative estimate of drug-likeness (QED) is 0.703. The molecule has 0 radical (unpaired) electrons. The topological polar surface area (TPSA) is 81.2 Å². The molecular weight excluding hydrogens is 326 g/mol. The Kier molecular flexibility index (Phi) is 4.71. The van der Waals surface area contributed by atoms with Gasteiger partial charge in [0.25, 0.3) is 11.1 Å². The van der Waals surface area contributed by atoms with Gasteiger partial charge in [-0.1, -0.05) is 30.0 Å². The molecule has 2 heterocycles. The minimum absolute atomic E-state index is 0.117. The van der Waals surface area contributed by atoms with Crippen LogP contribution < -0.4 is 5.32 Å². The number of aromatic nitrogens is 2. The van der Waals surface area contributed by atoms with Crippen LogP contribution in [0.3, 0.4) is 0 Å². The Labute approximate surface area is 143 Å². The number of nitrogens with zero attached hydrogens (tertiary/aromatic N) is 2. The lowest BCUT2D eigenvalue weighted by Crippen LogP contribution is -2.22. The largest absolute Gasteiger partial charge is 0.469 e. The van der Waals surface area contributed by atoms with Gasteiger partial charge in [0, 0.05) is 5.69 Å². The van der Waals surface area contributed by atoms with Crippen molar-refractivity contribution >= 4 is 23.4 Å². The summed E-state index contributed by atoms with van der Waals surface area (Å²) < 4.78 is 10.8. The Morgan fingerprint density at radius 2 is 2.00 bits per heavy atom. The molecule has 0 bridgehead atoms. The van der Waals surface area contributed by atoms with E-state index in [2.05, 4.69) is 15.5 Å². The highest BCUT2D eigenvalue weighted by molar-refractivity contribution is 8.00. The molecule has 0 fully saturated rings. The standard InChI is InChI=1S/C17H17N3O3S/c1-10-6-4-5-7-14(10)18-15(21)12(3)24-17-20-19-16(23-17)13-8-9-22-11(13)2/h4-9,12H,1-3H3,(H,18,21). The van der Waals surface area contributed by atoms with Crippen molar-refractivity contribution in [2.24, 2.45) is 0 Å². The van der Waals surface area contributed by atoms with Gasteiger partial charge in [-0.2, -0.15) is 0 Å². The Bertz CT molecular complexity index is 856. The summed E-state index contributed by atoms with van der Waals surface area (Å²) in [7, 11) is 0. The number of anilines is 1. The van der Waals surface area contributed by atoms with Gasteiger partial charge in [-0.3, -0.25) is 4.79 Å². The summed E-state index contributed by atoms with van der Waals surface area (Å²) in [5.41, 5.74) is 2.57. The number of carbonyl (C=O) groups excluding carboxylic acids is 1. The summed E-state index contributed by atoms with van der Waals surface area (Å²) in [4.78, 5) is 12.3. The van der Waals surface area contributed by atoms with Gasteiger partial charge in [-0.05, 0) is 38.5 Å². The molecule has 1 N–H and O–H groups in total. The molecule has 24 heavy (non-hydrogen) atoms. The van der Waals surface area contributed by atoms with Crippen LogP contribution in [0.5, 0.6) is 0 Å². The van der Waals surface area contributed by atoms with Crippen molar-refractivity contribution in [2.75, 3.05) is 5.32 Å². The predicted octanol–water partition coefficient (Wildman–Crippen LogP) is 4.07. The number of nitrogens with one attached hydrogen (secondary N) is 1. The maximum absolute atomic E-state index is 12.3. The van der Waals surface area contributed by atoms with E-state index in [4.69, 9.17) is 8.83 Å². The highest BCUT2D eigenvalue weighted by Crippen LogP contribution is 2.28. The molecular formula is C17H17N3O3S. The SMILES string of the molecule is Cc1ccccc1NC(=O)C(C)Sc1nnc(-c2ccoc2C)o1. The van der Waals surface area contributed by atoms with E-state index in [1.54, 1.807) is 19.3 Å². The highest BCUT2D eigenvalue weighted by Gasteiger charge is 2.20. The molecule has 1 amide bonds. The molecule has 7 heteroatoms. The Balaban J connectivity index is 1.66. The summed E-state index contributed by atoms with van der Waals surface area (Å²) in [6, 6.07) is 9.41. The van der Waals surface area contributed by atoms with Crippen molar-refractivity contribution < 1.29 is 13.6 Å². The number of benzene rings is 1. The van der Waals surface area contributed by atoms with Gasteiger partial charge in [0.05, 0.1) is 17.1 Å². The van der Waals surface area contributed by atoms with Crippen LogP contribution in [0.2, 0.25) is 0 Å². The van der Waals surface area contributed by atoms with E-state index in [-0.39, 0.29) is 11.2 Å². The van der Waals surface area contributed by atoms with Gasteiger partial charge in [0.2, 0.25) is 5.91 Å². The van der Waals surface area contributed by atoms with Crippen LogP contribution in [-0.4, -0.2) is 21.4 Å². The minimum Gasteiger partial charge on any atom is -0.469 e. The van der Waals surface area contributed by atoms with Crippen LogP contribution in [0.25, 0.3) is 11.5 Å². The molecule has 0 saturated heterocycles. The first kappa shape index (κ1) is 16.3. The third kappa shape index (κ3) is 3.51. The molecule has 2 aromatic heterocycles. The van der Waals surface area contributed by atoms with Crippen LogP contribution in [0.1, 0.15) is 18.2 Å². The summed E-state index contributed by atoms with van der Waals surface area (Å²) in [5.74, 6) is 0.976. The number of hydrogen-bond donors (Lipinski definition) is 1. The Morgan fingerprint density at radius 1 is 1.21 bits per heavy atom. The van der Waals surface area contributed by atoms with Crippen LogP contribution in [0, 0.1) is 13.8 Å². The molecule has 0 saturated carbocycles. The van der Waals surface area contributed by atoms with Crippen LogP contribution in [0.4, 0.5) is 5.69 Å². The molecule has 6 nitrogen and oxygen atoms in total. The van der Waals surface area contributed by atoms with Crippen LogP contribution >= 0.6 is 11.8 Å². The molecule has 1 unspecified atom stereocenters. The Morgan fingerprint density at radius 3 is 2.71 bits per heavy atom. The third-order valence-corrected chi connectivity index (χ3v) is 4.48. The van der Waals surface area contributed by atoms with Crippen molar-refractivity contribution in [3.8, 4) is 11.5 Å². The van der Waals surface area contributed by atoms with E-state index in [1.807, 2.05) is 38.1 Å². The second-order valence-electron chi connectivity index (χ2n) is 5.33. The third-order valence-electron chi connectivity index (χ3n) is 3.55. The maximum atomic E-state index is 12.3. The highest BCUT2D eigenvalue weighted by atomic mass is 32.2. The van der Waals surface area contributed by atoms with E-state index < -0.39 is 0 Å². The first-order chi connectivity index (χ1) is 11.5. The number of para-hydroxylation sites is 1. The summed E-state index contributed by atoms with van der Waals surface area (Å²) in [5, 5.41) is 10.9. The van der Waals surface area contributed by atoms with Gasteiger partial charge in [0.1, 0.15) is 5.76 Å². The minimum atomic E-state index is -0.372. The molecule has 0 aliphatic heterocycles. The van der Waals surface area contributed by atoms with E-state index in [0.717, 1.165) is 16.8 Å². The first-order valence-electron chi connectivity index (χ1n) is 7.45. The summed E-state index contributed by atoms with van der Waals surface area (Å²) in [6.45, 7) is 5.57. The maximum Gasteiger partial charge on any atom is 0.277 e.